The van der Waals surface area contributed by atoms with Crippen molar-refractivity contribution in [2.24, 2.45) is 7.05 Å². The summed E-state index contributed by atoms with van der Waals surface area (Å²) in [6.45, 7) is 1.98. The van der Waals surface area contributed by atoms with E-state index in [-0.39, 0.29) is 0 Å². The summed E-state index contributed by atoms with van der Waals surface area (Å²) in [5.41, 5.74) is 3.23. The van der Waals surface area contributed by atoms with Gasteiger partial charge in [0.15, 0.2) is 0 Å². The maximum atomic E-state index is 9.11. The highest BCUT2D eigenvalue weighted by molar-refractivity contribution is 5.32. The molecule has 2 heterocycles. The van der Waals surface area contributed by atoms with E-state index in [2.05, 4.69) is 47.3 Å². The van der Waals surface area contributed by atoms with Crippen LogP contribution in [0.3, 0.4) is 0 Å². The molecule has 0 N–H and O–H groups in total. The van der Waals surface area contributed by atoms with Crippen LogP contribution in [-0.2, 0) is 20.0 Å². The highest BCUT2D eigenvalue weighted by Gasteiger charge is 2.35. The Morgan fingerprint density at radius 2 is 2.17 bits per heavy atom. The molecular formula is C19H25N5. The van der Waals surface area contributed by atoms with E-state index in [4.69, 9.17) is 5.26 Å². The van der Waals surface area contributed by atoms with Crippen LogP contribution in [0.1, 0.15) is 23.1 Å². The van der Waals surface area contributed by atoms with Gasteiger partial charge in [-0.25, -0.2) is 0 Å². The fourth-order valence-corrected chi connectivity index (χ4v) is 3.76. The number of nitriles is 1. The van der Waals surface area contributed by atoms with E-state index < -0.39 is 0 Å². The molecule has 3 rings (SSSR count). The van der Waals surface area contributed by atoms with Crippen LogP contribution in [0.4, 0.5) is 0 Å². The Morgan fingerprint density at radius 3 is 2.83 bits per heavy atom. The van der Waals surface area contributed by atoms with E-state index in [1.54, 1.807) is 0 Å². The van der Waals surface area contributed by atoms with E-state index in [9.17, 15) is 0 Å². The Bertz CT molecular complexity index is 727. The molecule has 126 valence electrons. The molecule has 1 aliphatic rings. The molecule has 5 heteroatoms. The minimum absolute atomic E-state index is 0.468. The largest absolute Gasteiger partial charge is 0.305 e. The molecule has 0 bridgehead atoms. The first-order valence-electron chi connectivity index (χ1n) is 8.44. The molecule has 0 aliphatic carbocycles. The third kappa shape index (κ3) is 3.66. The van der Waals surface area contributed by atoms with Crippen molar-refractivity contribution in [3.05, 3.63) is 53.3 Å². The lowest BCUT2D eigenvalue weighted by Gasteiger charge is -2.31. The van der Waals surface area contributed by atoms with Crippen LogP contribution in [0.5, 0.6) is 0 Å². The van der Waals surface area contributed by atoms with Gasteiger partial charge < -0.3 is 4.90 Å². The zero-order valence-electron chi connectivity index (χ0n) is 14.7. The fourth-order valence-electron chi connectivity index (χ4n) is 3.76. The van der Waals surface area contributed by atoms with Gasteiger partial charge in [-0.05, 0) is 50.2 Å². The van der Waals surface area contributed by atoms with Gasteiger partial charge >= 0.3 is 0 Å². The second-order valence-corrected chi connectivity index (χ2v) is 6.90. The predicted octanol–water partition coefficient (Wildman–Crippen LogP) is 2.04. The van der Waals surface area contributed by atoms with Gasteiger partial charge in [0.25, 0.3) is 0 Å². The number of benzene rings is 1. The smallest absolute Gasteiger partial charge is 0.0991 e. The van der Waals surface area contributed by atoms with Gasteiger partial charge in [-0.3, -0.25) is 9.58 Å². The molecule has 5 nitrogen and oxygen atoms in total. The third-order valence-electron chi connectivity index (χ3n) is 4.93. The second kappa shape index (κ2) is 7.16. The first-order valence-corrected chi connectivity index (χ1v) is 8.44. The maximum absolute atomic E-state index is 9.11. The molecule has 0 spiro atoms. The summed E-state index contributed by atoms with van der Waals surface area (Å²) in [6.07, 6.45) is 6.27. The summed E-state index contributed by atoms with van der Waals surface area (Å²) in [5.74, 6) is 0. The van der Waals surface area contributed by atoms with Crippen LogP contribution < -0.4 is 0 Å². The summed E-state index contributed by atoms with van der Waals surface area (Å²) >= 11 is 0. The number of aryl methyl sites for hydroxylation is 1. The van der Waals surface area contributed by atoms with E-state index in [0.29, 0.717) is 12.1 Å². The average molecular weight is 323 g/mol. The lowest BCUT2D eigenvalue weighted by atomic mass is 10.0. The Morgan fingerprint density at radius 1 is 1.33 bits per heavy atom. The first kappa shape index (κ1) is 16.7. The van der Waals surface area contributed by atoms with Gasteiger partial charge in [0.05, 0.1) is 17.8 Å². The molecule has 24 heavy (non-hydrogen) atoms. The normalized spacial score (nSPS) is 21.3. The van der Waals surface area contributed by atoms with Crippen LogP contribution in [0.15, 0.2) is 36.7 Å². The van der Waals surface area contributed by atoms with Crippen molar-refractivity contribution in [2.45, 2.75) is 31.5 Å². The van der Waals surface area contributed by atoms with Crippen molar-refractivity contribution >= 4 is 0 Å². The second-order valence-electron chi connectivity index (χ2n) is 6.90. The molecule has 0 amide bonds. The molecule has 0 unspecified atom stereocenters. The number of likely N-dealkylation sites (N-methyl/N-ethyl adjacent to an activating group) is 1. The number of likely N-dealkylation sites (tertiary alicyclic amines) is 1. The zero-order valence-corrected chi connectivity index (χ0v) is 14.7. The van der Waals surface area contributed by atoms with Crippen molar-refractivity contribution in [1.29, 1.82) is 5.26 Å². The molecule has 2 atom stereocenters. The van der Waals surface area contributed by atoms with Gasteiger partial charge in [-0.2, -0.15) is 10.4 Å². The summed E-state index contributed by atoms with van der Waals surface area (Å²) in [5, 5.41) is 13.4. The molecule has 1 fully saturated rings. The molecule has 1 aromatic carbocycles. The van der Waals surface area contributed by atoms with Crippen LogP contribution in [0.25, 0.3) is 0 Å². The Kier molecular flexibility index (Phi) is 4.98. The number of nitrogens with zero attached hydrogens (tertiary/aromatic N) is 5. The molecule has 2 aromatic rings. The molecule has 0 saturated carbocycles. The first-order chi connectivity index (χ1) is 11.6. The van der Waals surface area contributed by atoms with E-state index >= 15 is 0 Å². The molecule has 1 aromatic heterocycles. The Hall–Kier alpha value is -2.16. The molecular weight excluding hydrogens is 298 g/mol. The number of aromatic nitrogens is 2. The van der Waals surface area contributed by atoms with E-state index in [1.165, 1.54) is 17.5 Å². The van der Waals surface area contributed by atoms with Crippen molar-refractivity contribution < 1.29 is 0 Å². The van der Waals surface area contributed by atoms with Gasteiger partial charge in [-0.15, -0.1) is 0 Å². The lowest BCUT2D eigenvalue weighted by molar-refractivity contribution is 0.178. The number of rotatable bonds is 5. The highest BCUT2D eigenvalue weighted by Crippen LogP contribution is 2.26. The van der Waals surface area contributed by atoms with Crippen LogP contribution >= 0.6 is 0 Å². The van der Waals surface area contributed by atoms with Gasteiger partial charge in [0.2, 0.25) is 0 Å². The summed E-state index contributed by atoms with van der Waals surface area (Å²) in [4.78, 5) is 4.89. The molecule has 1 saturated heterocycles. The standard InChI is InChI=1S/C19H25N5/c1-22(2)18-7-8-24(14-16-6-4-5-15(9-16)11-20)19(18)10-17-12-21-23(3)13-17/h4-6,9,12-13,18-19H,7-8,10,14H2,1-3H3/t18-,19+/m1/s1. The number of hydrogen-bond donors (Lipinski definition) is 0. The topological polar surface area (TPSA) is 48.1 Å². The molecule has 1 aliphatic heterocycles. The van der Waals surface area contributed by atoms with Crippen LogP contribution in [-0.4, -0.2) is 52.3 Å². The lowest BCUT2D eigenvalue weighted by Crippen LogP contribution is -2.43. The van der Waals surface area contributed by atoms with Gasteiger partial charge in [-0.1, -0.05) is 12.1 Å². The predicted molar refractivity (Wildman–Crippen MR) is 94.4 cm³/mol. The minimum atomic E-state index is 0.468. The Balaban J connectivity index is 1.78. The number of hydrogen-bond acceptors (Lipinski definition) is 4. The van der Waals surface area contributed by atoms with Gasteiger partial charge in [0.1, 0.15) is 0 Å². The van der Waals surface area contributed by atoms with Crippen molar-refractivity contribution in [1.82, 2.24) is 19.6 Å². The summed E-state index contributed by atoms with van der Waals surface area (Å²) in [6, 6.07) is 11.2. The van der Waals surface area contributed by atoms with Crippen molar-refractivity contribution in [3.8, 4) is 6.07 Å². The SMILES string of the molecule is CN(C)[C@@H]1CCN(Cc2cccc(C#N)c2)[C@H]1Cc1cnn(C)c1. The van der Waals surface area contributed by atoms with Crippen molar-refractivity contribution in [3.63, 3.8) is 0 Å². The van der Waals surface area contributed by atoms with E-state index in [0.717, 1.165) is 25.1 Å². The quantitative estimate of drug-likeness (QED) is 0.845. The van der Waals surface area contributed by atoms with Crippen LogP contribution in [0, 0.1) is 11.3 Å². The average Bonchev–Trinajstić information content (AvgIpc) is 3.15. The minimum Gasteiger partial charge on any atom is -0.305 e. The summed E-state index contributed by atoms with van der Waals surface area (Å²) < 4.78 is 1.87. The monoisotopic (exact) mass is 323 g/mol. The highest BCUT2D eigenvalue weighted by atomic mass is 15.3. The Labute approximate surface area is 144 Å². The maximum Gasteiger partial charge on any atom is 0.0991 e. The van der Waals surface area contributed by atoms with E-state index in [1.807, 2.05) is 36.1 Å². The zero-order chi connectivity index (χ0) is 17.1. The van der Waals surface area contributed by atoms with Crippen LogP contribution in [0.2, 0.25) is 0 Å². The van der Waals surface area contributed by atoms with Crippen molar-refractivity contribution in [2.75, 3.05) is 20.6 Å². The fraction of sp³-hybridized carbons (Fsp3) is 0.474. The summed E-state index contributed by atoms with van der Waals surface area (Å²) in [7, 11) is 6.30. The van der Waals surface area contributed by atoms with Gasteiger partial charge in [0, 0.05) is 38.4 Å². The molecule has 0 radical (unpaired) electrons. The third-order valence-corrected chi connectivity index (χ3v) is 4.93.